The molecule has 0 aromatic carbocycles. The van der Waals surface area contributed by atoms with Crippen molar-refractivity contribution < 1.29 is 0 Å². The normalized spacial score (nSPS) is 24.2. The molecule has 2 N–H and O–H groups in total. The fraction of sp³-hybridized carbons (Fsp3) is 0.684. The van der Waals surface area contributed by atoms with Gasteiger partial charge in [-0.2, -0.15) is 0 Å². The van der Waals surface area contributed by atoms with Crippen LogP contribution >= 0.6 is 11.3 Å². The minimum atomic E-state index is 0.0698. The van der Waals surface area contributed by atoms with E-state index in [9.17, 15) is 4.79 Å². The highest BCUT2D eigenvalue weighted by molar-refractivity contribution is 7.18. The number of hydrogen-bond donors (Lipinski definition) is 2. The Morgan fingerprint density at radius 1 is 1.21 bits per heavy atom. The highest BCUT2D eigenvalue weighted by atomic mass is 32.1. The Labute approximate surface area is 147 Å². The topological polar surface area (TPSA) is 57.8 Å². The number of aromatic amines is 1. The van der Waals surface area contributed by atoms with E-state index in [1.165, 1.54) is 49.0 Å². The standard InChI is InChI=1S/C19H27N3OS/c1-12-6-2-4-8-14(12)20-11-10-16-21-18(23)17-13-7-3-5-9-15(13)24-19(17)22-16/h12,14,20H,2-11H2,1H3,(H,21,22,23)/t12-,14+/m1/s1. The summed E-state index contributed by atoms with van der Waals surface area (Å²) in [7, 11) is 0. The lowest BCUT2D eigenvalue weighted by molar-refractivity contribution is 0.282. The number of rotatable bonds is 4. The number of fused-ring (bicyclic) bond motifs is 3. The molecule has 2 aliphatic carbocycles. The number of aromatic nitrogens is 2. The summed E-state index contributed by atoms with van der Waals surface area (Å²) in [5.41, 5.74) is 1.34. The van der Waals surface area contributed by atoms with Gasteiger partial charge in [-0.25, -0.2) is 4.98 Å². The van der Waals surface area contributed by atoms with Crippen molar-refractivity contribution in [1.82, 2.24) is 15.3 Å². The van der Waals surface area contributed by atoms with E-state index in [0.29, 0.717) is 6.04 Å². The van der Waals surface area contributed by atoms with Crippen LogP contribution in [0.15, 0.2) is 4.79 Å². The average molecular weight is 346 g/mol. The third-order valence-corrected chi connectivity index (χ3v) is 6.94. The first-order chi connectivity index (χ1) is 11.7. The maximum Gasteiger partial charge on any atom is 0.259 e. The number of nitrogens with one attached hydrogen (secondary N) is 2. The van der Waals surface area contributed by atoms with E-state index >= 15 is 0 Å². The molecular weight excluding hydrogens is 318 g/mol. The van der Waals surface area contributed by atoms with Crippen LogP contribution in [0.4, 0.5) is 0 Å². The van der Waals surface area contributed by atoms with Gasteiger partial charge in [0.2, 0.25) is 0 Å². The van der Waals surface area contributed by atoms with E-state index in [4.69, 9.17) is 4.98 Å². The zero-order valence-corrected chi connectivity index (χ0v) is 15.3. The van der Waals surface area contributed by atoms with Crippen molar-refractivity contribution in [2.24, 2.45) is 5.92 Å². The van der Waals surface area contributed by atoms with Gasteiger partial charge in [0.05, 0.1) is 5.39 Å². The number of hydrogen-bond acceptors (Lipinski definition) is 4. The number of nitrogens with zero attached hydrogens (tertiary/aromatic N) is 1. The van der Waals surface area contributed by atoms with Crippen LogP contribution in [0.5, 0.6) is 0 Å². The molecule has 2 aliphatic rings. The van der Waals surface area contributed by atoms with Gasteiger partial charge < -0.3 is 10.3 Å². The smallest absolute Gasteiger partial charge is 0.259 e. The molecule has 4 nitrogen and oxygen atoms in total. The Morgan fingerprint density at radius 2 is 2.04 bits per heavy atom. The minimum absolute atomic E-state index is 0.0698. The van der Waals surface area contributed by atoms with Gasteiger partial charge in [-0.15, -0.1) is 11.3 Å². The summed E-state index contributed by atoms with van der Waals surface area (Å²) in [5.74, 6) is 1.60. The van der Waals surface area contributed by atoms with Crippen LogP contribution in [0.1, 0.15) is 61.7 Å². The number of aryl methyl sites for hydroxylation is 2. The maximum absolute atomic E-state index is 12.5. The third kappa shape index (κ3) is 3.16. The molecule has 0 amide bonds. The van der Waals surface area contributed by atoms with Crippen molar-refractivity contribution in [3.63, 3.8) is 0 Å². The molecule has 2 aromatic rings. The van der Waals surface area contributed by atoms with Gasteiger partial charge in [0, 0.05) is 23.9 Å². The second-order valence-corrected chi connectivity index (χ2v) is 8.56. The highest BCUT2D eigenvalue weighted by Crippen LogP contribution is 2.33. The largest absolute Gasteiger partial charge is 0.313 e. The molecule has 4 rings (SSSR count). The van der Waals surface area contributed by atoms with Crippen molar-refractivity contribution in [2.75, 3.05) is 6.54 Å². The van der Waals surface area contributed by atoms with Gasteiger partial charge in [0.15, 0.2) is 0 Å². The molecule has 2 aromatic heterocycles. The molecule has 24 heavy (non-hydrogen) atoms. The summed E-state index contributed by atoms with van der Waals surface area (Å²) < 4.78 is 0. The van der Waals surface area contributed by atoms with Crippen LogP contribution in [-0.2, 0) is 19.3 Å². The summed E-state index contributed by atoms with van der Waals surface area (Å²) in [4.78, 5) is 22.7. The van der Waals surface area contributed by atoms with Crippen molar-refractivity contribution in [3.8, 4) is 0 Å². The van der Waals surface area contributed by atoms with Crippen LogP contribution in [0.25, 0.3) is 10.2 Å². The van der Waals surface area contributed by atoms with Crippen LogP contribution in [0, 0.1) is 5.92 Å². The molecule has 0 aliphatic heterocycles. The van der Waals surface area contributed by atoms with Crippen molar-refractivity contribution in [1.29, 1.82) is 0 Å². The molecule has 0 spiro atoms. The Bertz CT molecular complexity index is 779. The molecule has 0 bridgehead atoms. The molecule has 2 heterocycles. The Morgan fingerprint density at radius 3 is 2.92 bits per heavy atom. The van der Waals surface area contributed by atoms with Crippen molar-refractivity contribution in [3.05, 3.63) is 26.6 Å². The fourth-order valence-corrected chi connectivity index (χ4v) is 5.60. The first-order valence-corrected chi connectivity index (χ1v) is 10.3. The molecule has 130 valence electrons. The van der Waals surface area contributed by atoms with E-state index in [0.717, 1.165) is 47.8 Å². The van der Waals surface area contributed by atoms with Gasteiger partial charge in [-0.1, -0.05) is 19.8 Å². The lowest BCUT2D eigenvalue weighted by Crippen LogP contribution is -2.38. The Hall–Kier alpha value is -1.20. The molecule has 5 heteroatoms. The maximum atomic E-state index is 12.5. The van der Waals surface area contributed by atoms with Crippen LogP contribution in [0.2, 0.25) is 0 Å². The van der Waals surface area contributed by atoms with Gasteiger partial charge in [0.1, 0.15) is 10.7 Å². The Balaban J connectivity index is 1.48. The minimum Gasteiger partial charge on any atom is -0.313 e. The lowest BCUT2D eigenvalue weighted by atomic mass is 9.86. The van der Waals surface area contributed by atoms with Crippen LogP contribution in [-0.4, -0.2) is 22.6 Å². The first kappa shape index (κ1) is 16.3. The van der Waals surface area contributed by atoms with E-state index in [1.807, 2.05) is 0 Å². The summed E-state index contributed by atoms with van der Waals surface area (Å²) in [6, 6.07) is 0.628. The quantitative estimate of drug-likeness (QED) is 0.890. The molecule has 2 atom stereocenters. The molecule has 1 saturated carbocycles. The van der Waals surface area contributed by atoms with E-state index in [-0.39, 0.29) is 5.56 Å². The van der Waals surface area contributed by atoms with E-state index in [1.54, 1.807) is 11.3 Å². The molecule has 1 fully saturated rings. The number of H-pyrrole nitrogens is 1. The van der Waals surface area contributed by atoms with Crippen LogP contribution in [0.3, 0.4) is 0 Å². The van der Waals surface area contributed by atoms with Gasteiger partial charge in [-0.05, 0) is 50.0 Å². The number of thiophene rings is 1. The Kier molecular flexibility index (Phi) is 4.72. The van der Waals surface area contributed by atoms with Gasteiger partial charge >= 0.3 is 0 Å². The predicted octanol–water partition coefficient (Wildman–Crippen LogP) is 3.57. The van der Waals surface area contributed by atoms with Gasteiger partial charge in [-0.3, -0.25) is 4.79 Å². The molecule has 0 saturated heterocycles. The van der Waals surface area contributed by atoms with Crippen molar-refractivity contribution in [2.45, 2.75) is 70.8 Å². The summed E-state index contributed by atoms with van der Waals surface area (Å²) in [5, 5.41) is 4.55. The van der Waals surface area contributed by atoms with Gasteiger partial charge in [0.25, 0.3) is 5.56 Å². The second-order valence-electron chi connectivity index (χ2n) is 7.48. The van der Waals surface area contributed by atoms with Crippen LogP contribution < -0.4 is 10.9 Å². The van der Waals surface area contributed by atoms with E-state index in [2.05, 4.69) is 17.2 Å². The SMILES string of the molecule is C[C@@H]1CCCC[C@@H]1NCCc1nc2sc3c(c2c(=O)[nH]1)CCCC3. The monoisotopic (exact) mass is 345 g/mol. The van der Waals surface area contributed by atoms with E-state index < -0.39 is 0 Å². The van der Waals surface area contributed by atoms with Crippen molar-refractivity contribution >= 4 is 21.6 Å². The highest BCUT2D eigenvalue weighted by Gasteiger charge is 2.21. The first-order valence-electron chi connectivity index (χ1n) is 9.49. The fourth-order valence-electron chi connectivity index (χ4n) is 4.32. The zero-order valence-electron chi connectivity index (χ0n) is 14.5. The molecule has 0 unspecified atom stereocenters. The molecular formula is C19H27N3OS. The zero-order chi connectivity index (χ0) is 16.5. The lowest BCUT2D eigenvalue weighted by Gasteiger charge is -2.29. The average Bonchev–Trinajstić information content (AvgIpc) is 2.95. The summed E-state index contributed by atoms with van der Waals surface area (Å²) in [6.07, 6.45) is 10.7. The summed E-state index contributed by atoms with van der Waals surface area (Å²) >= 11 is 1.74. The second kappa shape index (κ2) is 6.96. The summed E-state index contributed by atoms with van der Waals surface area (Å²) in [6.45, 7) is 3.24. The third-order valence-electron chi connectivity index (χ3n) is 5.75. The molecule has 0 radical (unpaired) electrons. The predicted molar refractivity (Wildman–Crippen MR) is 100 cm³/mol.